The minimum atomic E-state index is -3.66. The van der Waals surface area contributed by atoms with Gasteiger partial charge in [-0.15, -0.1) is 0 Å². The van der Waals surface area contributed by atoms with Crippen molar-refractivity contribution in [2.45, 2.75) is 5.38 Å². The Morgan fingerprint density at radius 2 is 2.00 bits per heavy atom. The zero-order valence-electron chi connectivity index (χ0n) is 11.0. The number of hydrogen-bond donors (Lipinski definition) is 1. The number of nitrogens with one attached hydrogen (secondary N) is 1. The van der Waals surface area contributed by atoms with Crippen molar-refractivity contribution >= 4 is 23.8 Å². The van der Waals surface area contributed by atoms with Crippen LogP contribution >= 0.6 is 11.6 Å². The average molecular weight is 327 g/mol. The van der Waals surface area contributed by atoms with Crippen molar-refractivity contribution in [3.63, 3.8) is 0 Å². The quantitative estimate of drug-likeness (QED) is 0.881. The highest BCUT2D eigenvalue weighted by Crippen LogP contribution is 2.33. The van der Waals surface area contributed by atoms with E-state index in [1.807, 2.05) is 4.98 Å². The smallest absolute Gasteiger partial charge is 0.362 e. The van der Waals surface area contributed by atoms with Gasteiger partial charge in [-0.1, -0.05) is 12.1 Å². The van der Waals surface area contributed by atoms with Crippen molar-refractivity contribution in [3.05, 3.63) is 51.7 Å². The molecule has 5 nitrogen and oxygen atoms in total. The molecule has 0 amide bonds. The Labute approximate surface area is 128 Å². The lowest BCUT2D eigenvalue weighted by molar-refractivity contribution is 0.0894. The Bertz CT molecular complexity index is 799. The van der Waals surface area contributed by atoms with E-state index < -0.39 is 16.8 Å². The maximum Gasteiger partial charge on any atom is 0.362 e. The minimum absolute atomic E-state index is 0.0664. The molecule has 0 saturated carbocycles. The van der Waals surface area contributed by atoms with E-state index in [0.29, 0.717) is 11.5 Å². The predicted octanol–water partition coefficient (Wildman–Crippen LogP) is 2.96. The largest absolute Gasteiger partial charge is 0.454 e. The second-order valence-electron chi connectivity index (χ2n) is 4.47. The van der Waals surface area contributed by atoms with Crippen LogP contribution in [0.3, 0.4) is 0 Å². The summed E-state index contributed by atoms with van der Waals surface area (Å²) in [5, 5.41) is -3.66. The summed E-state index contributed by atoms with van der Waals surface area (Å²) in [6, 6.07) is 6.22. The first-order chi connectivity index (χ1) is 10.4. The van der Waals surface area contributed by atoms with E-state index in [1.54, 1.807) is 24.3 Å². The van der Waals surface area contributed by atoms with E-state index in [9.17, 15) is 13.6 Å². The number of rotatable bonds is 3. The Balaban J connectivity index is 1.89. The van der Waals surface area contributed by atoms with Crippen LogP contribution in [0.25, 0.3) is 12.2 Å². The van der Waals surface area contributed by atoms with Gasteiger partial charge in [0, 0.05) is 0 Å². The van der Waals surface area contributed by atoms with Crippen LogP contribution in [0.2, 0.25) is 0 Å². The van der Waals surface area contributed by atoms with Crippen molar-refractivity contribution < 1.29 is 18.3 Å². The second-order valence-corrected chi connectivity index (χ2v) is 4.94. The number of alkyl halides is 3. The Kier molecular flexibility index (Phi) is 3.58. The van der Waals surface area contributed by atoms with Gasteiger partial charge in [0.25, 0.3) is 0 Å². The fraction of sp³-hybridized carbons (Fsp3) is 0.143. The Morgan fingerprint density at radius 3 is 2.77 bits per heavy atom. The molecule has 3 rings (SSSR count). The van der Waals surface area contributed by atoms with Crippen LogP contribution in [0, 0.1) is 0 Å². The van der Waals surface area contributed by atoms with Crippen LogP contribution in [0.15, 0.2) is 29.1 Å². The number of aromatic amines is 1. The third kappa shape index (κ3) is 3.09. The standard InChI is InChI=1S/C14H9ClF2N2O3/c15-14(16,17)12-6-9(18-13(20)19-12)3-1-8-2-4-10-11(5-8)22-7-21-10/h1-6H,7H2,(H,18,19,20). The maximum absolute atomic E-state index is 13.0. The number of nitrogens with zero attached hydrogens (tertiary/aromatic N) is 1. The third-order valence-corrected chi connectivity index (χ3v) is 3.12. The number of aromatic nitrogens is 2. The van der Waals surface area contributed by atoms with Crippen molar-refractivity contribution in [1.82, 2.24) is 9.97 Å². The number of benzene rings is 1. The van der Waals surface area contributed by atoms with Gasteiger partial charge >= 0.3 is 11.1 Å². The third-order valence-electron chi connectivity index (χ3n) is 2.91. The van der Waals surface area contributed by atoms with E-state index in [4.69, 9.17) is 21.1 Å². The number of halogens is 3. The molecule has 0 bridgehead atoms. The lowest BCUT2D eigenvalue weighted by atomic mass is 10.1. The first-order valence-electron chi connectivity index (χ1n) is 6.18. The molecule has 1 aliphatic heterocycles. The summed E-state index contributed by atoms with van der Waals surface area (Å²) in [5.41, 5.74) is -0.801. The topological polar surface area (TPSA) is 64.2 Å². The van der Waals surface area contributed by atoms with Crippen LogP contribution in [0.4, 0.5) is 8.78 Å². The molecule has 2 heterocycles. The van der Waals surface area contributed by atoms with Crippen LogP contribution in [-0.4, -0.2) is 16.8 Å². The lowest BCUT2D eigenvalue weighted by Gasteiger charge is -2.07. The molecule has 1 N–H and O–H groups in total. The van der Waals surface area contributed by atoms with Crippen molar-refractivity contribution in [2.24, 2.45) is 0 Å². The van der Waals surface area contributed by atoms with E-state index in [2.05, 4.69) is 4.98 Å². The van der Waals surface area contributed by atoms with E-state index in [-0.39, 0.29) is 12.5 Å². The molecule has 0 aliphatic carbocycles. The Hall–Kier alpha value is -2.41. The molecule has 1 aromatic heterocycles. The van der Waals surface area contributed by atoms with Crippen LogP contribution in [0.5, 0.6) is 11.5 Å². The average Bonchev–Trinajstić information content (AvgIpc) is 2.91. The molecule has 8 heteroatoms. The number of ether oxygens (including phenoxy) is 2. The van der Waals surface area contributed by atoms with Crippen molar-refractivity contribution in [2.75, 3.05) is 6.79 Å². The molecule has 1 aromatic carbocycles. The van der Waals surface area contributed by atoms with Gasteiger partial charge in [-0.05, 0) is 41.4 Å². The molecule has 22 heavy (non-hydrogen) atoms. The molecule has 2 aromatic rings. The summed E-state index contributed by atoms with van der Waals surface area (Å²) in [6.07, 6.45) is 3.04. The van der Waals surface area contributed by atoms with Crippen molar-refractivity contribution in [1.29, 1.82) is 0 Å². The molecular weight excluding hydrogens is 318 g/mol. The number of H-pyrrole nitrogens is 1. The molecule has 0 atom stereocenters. The summed E-state index contributed by atoms with van der Waals surface area (Å²) in [7, 11) is 0. The van der Waals surface area contributed by atoms with Gasteiger partial charge in [0.1, 0.15) is 5.69 Å². The summed E-state index contributed by atoms with van der Waals surface area (Å²) >= 11 is 4.90. The lowest BCUT2D eigenvalue weighted by Crippen LogP contribution is -2.18. The van der Waals surface area contributed by atoms with Gasteiger partial charge in [-0.2, -0.15) is 13.8 Å². The molecule has 0 radical (unpaired) electrons. The van der Waals surface area contributed by atoms with Gasteiger partial charge in [-0.3, -0.25) is 0 Å². The highest BCUT2D eigenvalue weighted by molar-refractivity contribution is 6.21. The summed E-state index contributed by atoms with van der Waals surface area (Å²) in [6.45, 7) is 0.159. The normalized spacial score (nSPS) is 13.8. The summed E-state index contributed by atoms with van der Waals surface area (Å²) in [5.74, 6) is 1.23. The zero-order valence-corrected chi connectivity index (χ0v) is 11.7. The minimum Gasteiger partial charge on any atom is -0.454 e. The fourth-order valence-electron chi connectivity index (χ4n) is 1.91. The van der Waals surface area contributed by atoms with Gasteiger partial charge < -0.3 is 14.5 Å². The predicted molar refractivity (Wildman–Crippen MR) is 76.1 cm³/mol. The first kappa shape index (κ1) is 14.5. The van der Waals surface area contributed by atoms with E-state index in [0.717, 1.165) is 11.6 Å². The van der Waals surface area contributed by atoms with Gasteiger partial charge in [-0.25, -0.2) is 4.79 Å². The highest BCUT2D eigenvalue weighted by atomic mass is 35.5. The van der Waals surface area contributed by atoms with Crippen LogP contribution in [0.1, 0.15) is 17.0 Å². The summed E-state index contributed by atoms with van der Waals surface area (Å²) < 4.78 is 36.5. The first-order valence-corrected chi connectivity index (χ1v) is 6.56. The van der Waals surface area contributed by atoms with Gasteiger partial charge in [0.15, 0.2) is 11.5 Å². The monoisotopic (exact) mass is 326 g/mol. The molecule has 0 fully saturated rings. The maximum atomic E-state index is 13.0. The Morgan fingerprint density at radius 1 is 1.23 bits per heavy atom. The fourth-order valence-corrected chi connectivity index (χ4v) is 2.01. The van der Waals surface area contributed by atoms with E-state index in [1.165, 1.54) is 6.08 Å². The second kappa shape index (κ2) is 5.42. The molecule has 0 unspecified atom stereocenters. The molecule has 114 valence electrons. The van der Waals surface area contributed by atoms with Crippen LogP contribution < -0.4 is 15.2 Å². The molecule has 0 saturated heterocycles. The summed E-state index contributed by atoms with van der Waals surface area (Å²) in [4.78, 5) is 16.8. The zero-order chi connectivity index (χ0) is 15.7. The number of fused-ring (bicyclic) bond motifs is 1. The van der Waals surface area contributed by atoms with Gasteiger partial charge in [0.2, 0.25) is 6.79 Å². The number of hydrogen-bond acceptors (Lipinski definition) is 4. The van der Waals surface area contributed by atoms with Crippen molar-refractivity contribution in [3.8, 4) is 11.5 Å². The highest BCUT2D eigenvalue weighted by Gasteiger charge is 2.29. The van der Waals surface area contributed by atoms with Gasteiger partial charge in [0.05, 0.1) is 5.69 Å². The SMILES string of the molecule is O=c1nc(C=Cc2ccc3c(c2)OCO3)cc(C(F)(F)Cl)[nH]1. The van der Waals surface area contributed by atoms with Crippen LogP contribution in [-0.2, 0) is 5.38 Å². The molecule has 0 spiro atoms. The molecule has 1 aliphatic rings. The molecular formula is C14H9ClF2N2O3. The van der Waals surface area contributed by atoms with E-state index >= 15 is 0 Å².